The van der Waals surface area contributed by atoms with Crippen molar-refractivity contribution in [3.63, 3.8) is 0 Å². The summed E-state index contributed by atoms with van der Waals surface area (Å²) in [5.74, 6) is 1.18. The van der Waals surface area contributed by atoms with Crippen LogP contribution in [0.15, 0.2) is 108 Å². The van der Waals surface area contributed by atoms with Crippen LogP contribution in [0.5, 0.6) is 5.75 Å². The Hall–Kier alpha value is -3.82. The molecule has 3 aromatic carbocycles. The van der Waals surface area contributed by atoms with Crippen molar-refractivity contribution in [3.05, 3.63) is 141 Å². The summed E-state index contributed by atoms with van der Waals surface area (Å²) >= 11 is 0. The lowest BCUT2D eigenvalue weighted by Crippen LogP contribution is -2.47. The Morgan fingerprint density at radius 3 is 2.38 bits per heavy atom. The van der Waals surface area contributed by atoms with Gasteiger partial charge in [-0.25, -0.2) is 0 Å². The van der Waals surface area contributed by atoms with Gasteiger partial charge in [0.15, 0.2) is 0 Å². The molecule has 3 aromatic rings. The van der Waals surface area contributed by atoms with Crippen LogP contribution in [0.3, 0.4) is 0 Å². The lowest BCUT2D eigenvalue weighted by molar-refractivity contribution is -0.0119. The molecule has 196 valence electrons. The van der Waals surface area contributed by atoms with Crippen molar-refractivity contribution >= 4 is 13.9 Å². The second kappa shape index (κ2) is 8.84. The van der Waals surface area contributed by atoms with E-state index in [-0.39, 0.29) is 11.8 Å². The van der Waals surface area contributed by atoms with E-state index in [1.54, 1.807) is 0 Å². The predicted octanol–water partition coefficient (Wildman–Crippen LogP) is 8.09. The third-order valence-corrected chi connectivity index (χ3v) is 8.92. The van der Waals surface area contributed by atoms with Crippen LogP contribution < -0.4 is 4.74 Å². The van der Waals surface area contributed by atoms with Gasteiger partial charge in [0.2, 0.25) is 0 Å². The van der Waals surface area contributed by atoms with Crippen LogP contribution in [0.2, 0.25) is 5.31 Å². The summed E-state index contributed by atoms with van der Waals surface area (Å²) in [5, 5.41) is 12.8. The molecule has 0 saturated heterocycles. The van der Waals surface area contributed by atoms with Gasteiger partial charge >= 0.3 is 0 Å². The zero-order valence-electron chi connectivity index (χ0n) is 23.5. The standard InChI is InChI=1S/C37H33BO2/c1-22-5-6-26-9-13-32-34(30(26)20-22)37(39,29-11-7-25(8-12-29)28-18-23(2)17-24(3)19-28)35-31-21-36(4,38)16-15-27(31)10-14-33(35)40-32/h5-20,30,34,39H,21H2,1-4H3. The first-order valence-corrected chi connectivity index (χ1v) is 14.1. The quantitative estimate of drug-likeness (QED) is 0.346. The van der Waals surface area contributed by atoms with Crippen LogP contribution in [0.25, 0.3) is 17.2 Å². The molecule has 0 spiro atoms. The molecule has 7 rings (SSSR count). The molecule has 4 aliphatic rings. The summed E-state index contributed by atoms with van der Waals surface area (Å²) in [4.78, 5) is 0. The Morgan fingerprint density at radius 2 is 1.62 bits per heavy atom. The molecule has 2 nitrogen and oxygen atoms in total. The molecule has 40 heavy (non-hydrogen) atoms. The normalized spacial score (nSPS) is 27.8. The van der Waals surface area contributed by atoms with Crippen molar-refractivity contribution in [1.82, 2.24) is 0 Å². The van der Waals surface area contributed by atoms with E-state index < -0.39 is 10.9 Å². The van der Waals surface area contributed by atoms with Gasteiger partial charge in [-0.15, -0.1) is 0 Å². The second-order valence-electron chi connectivity index (χ2n) is 12.3. The minimum Gasteiger partial charge on any atom is -0.461 e. The van der Waals surface area contributed by atoms with Crippen LogP contribution in [0.4, 0.5) is 0 Å². The molecule has 1 aliphatic heterocycles. The van der Waals surface area contributed by atoms with E-state index >= 15 is 0 Å². The largest absolute Gasteiger partial charge is 0.461 e. The number of rotatable bonds is 2. The first-order valence-electron chi connectivity index (χ1n) is 14.1. The highest BCUT2D eigenvalue weighted by Gasteiger charge is 2.54. The molecule has 3 aliphatic carbocycles. The number of aliphatic hydroxyl groups is 1. The van der Waals surface area contributed by atoms with E-state index in [1.807, 2.05) is 19.1 Å². The van der Waals surface area contributed by atoms with Crippen molar-refractivity contribution in [2.24, 2.45) is 11.8 Å². The highest BCUT2D eigenvalue weighted by molar-refractivity contribution is 6.17. The highest BCUT2D eigenvalue weighted by atomic mass is 16.5. The fraction of sp³-hybridized carbons (Fsp3) is 0.243. The monoisotopic (exact) mass is 520 g/mol. The Labute approximate surface area is 238 Å². The minimum absolute atomic E-state index is 0.0125. The van der Waals surface area contributed by atoms with E-state index in [9.17, 15) is 5.11 Å². The minimum atomic E-state index is -1.32. The van der Waals surface area contributed by atoms with E-state index in [4.69, 9.17) is 12.6 Å². The number of hydrogen-bond acceptors (Lipinski definition) is 2. The Kier molecular flexibility index (Phi) is 5.57. The van der Waals surface area contributed by atoms with Gasteiger partial charge in [-0.05, 0) is 78.0 Å². The fourth-order valence-corrected chi connectivity index (χ4v) is 7.13. The summed E-state index contributed by atoms with van der Waals surface area (Å²) in [6.45, 7) is 8.42. The third kappa shape index (κ3) is 3.91. The molecule has 1 N–H and O–H groups in total. The topological polar surface area (TPSA) is 29.5 Å². The van der Waals surface area contributed by atoms with Gasteiger partial charge in [0, 0.05) is 11.5 Å². The van der Waals surface area contributed by atoms with Crippen molar-refractivity contribution in [2.75, 3.05) is 0 Å². The SMILES string of the molecule is [B]C1(C)C=Cc2ccc3c(c2C1)C(O)(c1ccc(-c2cc(C)cc(C)c2)cc1)C1C(=CC=C2C=CC(C)=CC21)O3. The summed E-state index contributed by atoms with van der Waals surface area (Å²) in [6.07, 6.45) is 15.5. The average Bonchev–Trinajstić information content (AvgIpc) is 2.91. The molecule has 0 bridgehead atoms. The lowest BCUT2D eigenvalue weighted by Gasteiger charge is -2.49. The van der Waals surface area contributed by atoms with Gasteiger partial charge in [-0.1, -0.05) is 109 Å². The van der Waals surface area contributed by atoms with Crippen LogP contribution >= 0.6 is 0 Å². The molecule has 0 fully saturated rings. The van der Waals surface area contributed by atoms with Gasteiger partial charge in [-0.3, -0.25) is 0 Å². The van der Waals surface area contributed by atoms with Crippen LogP contribution in [-0.2, 0) is 12.0 Å². The molecule has 2 radical (unpaired) electrons. The number of ether oxygens (including phenoxy) is 1. The molecule has 1 heterocycles. The van der Waals surface area contributed by atoms with Crippen molar-refractivity contribution in [2.45, 2.75) is 45.0 Å². The first kappa shape index (κ1) is 25.2. The molecule has 4 atom stereocenters. The Balaban J connectivity index is 1.46. The summed E-state index contributed by atoms with van der Waals surface area (Å²) in [5.41, 5.74) is 9.71. The highest BCUT2D eigenvalue weighted by Crippen LogP contribution is 2.57. The number of benzene rings is 3. The lowest BCUT2D eigenvalue weighted by atomic mass is 9.59. The smallest absolute Gasteiger partial charge is 0.133 e. The number of hydrogen-bond donors (Lipinski definition) is 1. The van der Waals surface area contributed by atoms with Crippen LogP contribution in [-0.4, -0.2) is 13.0 Å². The molecule has 0 aromatic heterocycles. The maximum atomic E-state index is 13.3. The fourth-order valence-electron chi connectivity index (χ4n) is 7.13. The molecular formula is C37H33BO2. The van der Waals surface area contributed by atoms with Gasteiger partial charge in [0.05, 0.1) is 13.8 Å². The van der Waals surface area contributed by atoms with Crippen LogP contribution in [0, 0.1) is 25.7 Å². The second-order valence-corrected chi connectivity index (χ2v) is 12.3. The Morgan fingerprint density at radius 1 is 0.875 bits per heavy atom. The van der Waals surface area contributed by atoms with Crippen molar-refractivity contribution in [3.8, 4) is 16.9 Å². The third-order valence-electron chi connectivity index (χ3n) is 8.92. The van der Waals surface area contributed by atoms with Gasteiger partial charge in [0.1, 0.15) is 17.1 Å². The zero-order valence-corrected chi connectivity index (χ0v) is 23.5. The molecule has 4 unspecified atom stereocenters. The van der Waals surface area contributed by atoms with E-state index in [1.165, 1.54) is 27.8 Å². The molecule has 0 amide bonds. The summed E-state index contributed by atoms with van der Waals surface area (Å²) in [7, 11) is 6.67. The number of allylic oxidation sites excluding steroid dienone is 8. The Bertz CT molecular complexity index is 1690. The molecule has 0 saturated carbocycles. The van der Waals surface area contributed by atoms with Crippen molar-refractivity contribution in [1.29, 1.82) is 0 Å². The zero-order chi connectivity index (χ0) is 27.8. The predicted molar refractivity (Wildman–Crippen MR) is 164 cm³/mol. The summed E-state index contributed by atoms with van der Waals surface area (Å²) in [6, 6.07) is 19.2. The van der Waals surface area contributed by atoms with Crippen molar-refractivity contribution < 1.29 is 9.84 Å². The first-order chi connectivity index (χ1) is 19.1. The average molecular weight is 520 g/mol. The van der Waals surface area contributed by atoms with Crippen LogP contribution in [0.1, 0.15) is 47.2 Å². The maximum Gasteiger partial charge on any atom is 0.133 e. The number of aryl methyl sites for hydroxylation is 2. The molecular weight excluding hydrogens is 487 g/mol. The van der Waals surface area contributed by atoms with Gasteiger partial charge in [0.25, 0.3) is 0 Å². The van der Waals surface area contributed by atoms with E-state index in [0.29, 0.717) is 12.2 Å². The van der Waals surface area contributed by atoms with E-state index in [0.717, 1.165) is 33.6 Å². The van der Waals surface area contributed by atoms with Gasteiger partial charge < -0.3 is 9.84 Å². The molecule has 3 heteroatoms. The maximum absolute atomic E-state index is 13.3. The summed E-state index contributed by atoms with van der Waals surface area (Å²) < 4.78 is 6.63. The van der Waals surface area contributed by atoms with Gasteiger partial charge in [-0.2, -0.15) is 0 Å². The number of fused-ring (bicyclic) bond motifs is 6. The van der Waals surface area contributed by atoms with E-state index in [2.05, 4.69) is 106 Å².